The van der Waals surface area contributed by atoms with Crippen LogP contribution in [0.15, 0.2) is 0 Å². The standard InChI is InChI=1S/C21H35F3N4O2/c1-12(18(29)19-26-25-11-27(19)2)13-5-3-6-14(9-13)28-10-16-15(20(28)30)7-4-8-17(16)21(22,23)24/h12-19,25-26,29H,3-11H2,1-2H3/t12-,13?,14?,15?,16?,17?,18+,19?/m0/s1. The van der Waals surface area contributed by atoms with Crippen molar-refractivity contribution in [3.05, 3.63) is 0 Å². The maximum atomic E-state index is 13.5. The fourth-order valence-electron chi connectivity index (χ4n) is 6.45. The maximum absolute atomic E-state index is 13.5. The highest BCUT2D eigenvalue weighted by atomic mass is 19.4. The number of hydrazine groups is 1. The summed E-state index contributed by atoms with van der Waals surface area (Å²) in [6.07, 6.45) is -0.167. The normalized spacial score (nSPS) is 40.5. The number of amides is 1. The average Bonchev–Trinajstić information content (AvgIpc) is 3.29. The summed E-state index contributed by atoms with van der Waals surface area (Å²) in [5.74, 6) is -2.16. The van der Waals surface area contributed by atoms with Crippen LogP contribution in [0.3, 0.4) is 0 Å². The van der Waals surface area contributed by atoms with E-state index in [0.717, 1.165) is 25.7 Å². The van der Waals surface area contributed by atoms with Crippen molar-refractivity contribution < 1.29 is 23.1 Å². The molecule has 0 aromatic heterocycles. The number of likely N-dealkylation sites (tertiary alicyclic amines) is 1. The minimum Gasteiger partial charge on any atom is -0.390 e. The van der Waals surface area contributed by atoms with E-state index in [-0.39, 0.29) is 42.9 Å². The van der Waals surface area contributed by atoms with Crippen LogP contribution in [0.4, 0.5) is 13.2 Å². The summed E-state index contributed by atoms with van der Waals surface area (Å²) in [4.78, 5) is 16.9. The van der Waals surface area contributed by atoms with Crippen LogP contribution in [0.25, 0.3) is 0 Å². The van der Waals surface area contributed by atoms with E-state index in [2.05, 4.69) is 17.8 Å². The van der Waals surface area contributed by atoms with Crippen LogP contribution in [0.5, 0.6) is 0 Å². The molecule has 0 radical (unpaired) electrons. The minimum atomic E-state index is -4.22. The van der Waals surface area contributed by atoms with Crippen molar-refractivity contribution in [2.45, 2.75) is 76.4 Å². The molecule has 2 aliphatic heterocycles. The van der Waals surface area contributed by atoms with E-state index in [0.29, 0.717) is 19.5 Å². The topological polar surface area (TPSA) is 67.8 Å². The Hall–Kier alpha value is -0.900. The highest BCUT2D eigenvalue weighted by Crippen LogP contribution is 2.49. The van der Waals surface area contributed by atoms with Crippen LogP contribution in [-0.2, 0) is 4.79 Å². The van der Waals surface area contributed by atoms with E-state index in [9.17, 15) is 23.1 Å². The van der Waals surface area contributed by atoms with Gasteiger partial charge in [-0.05, 0) is 56.9 Å². The first-order chi connectivity index (χ1) is 14.2. The number of aliphatic hydroxyl groups is 1. The highest BCUT2D eigenvalue weighted by molar-refractivity contribution is 5.82. The fraction of sp³-hybridized carbons (Fsp3) is 0.952. The van der Waals surface area contributed by atoms with E-state index < -0.39 is 30.0 Å². The molecule has 4 rings (SSSR count). The molecule has 0 spiro atoms. The van der Waals surface area contributed by atoms with Gasteiger partial charge in [-0.2, -0.15) is 13.2 Å². The largest absolute Gasteiger partial charge is 0.392 e. The van der Waals surface area contributed by atoms with Gasteiger partial charge >= 0.3 is 6.18 Å². The molecule has 0 aromatic rings. The van der Waals surface area contributed by atoms with Gasteiger partial charge in [-0.1, -0.05) is 19.8 Å². The first kappa shape index (κ1) is 22.3. The van der Waals surface area contributed by atoms with E-state index >= 15 is 0 Å². The molecule has 30 heavy (non-hydrogen) atoms. The molecule has 0 aromatic carbocycles. The summed E-state index contributed by atoms with van der Waals surface area (Å²) in [5, 5.41) is 10.9. The van der Waals surface area contributed by atoms with Gasteiger partial charge in [0.15, 0.2) is 0 Å². The molecular weight excluding hydrogens is 397 g/mol. The van der Waals surface area contributed by atoms with Crippen molar-refractivity contribution in [1.82, 2.24) is 20.7 Å². The Kier molecular flexibility index (Phi) is 6.36. The highest BCUT2D eigenvalue weighted by Gasteiger charge is 2.55. The number of carbonyl (C=O) groups excluding carboxylic acids is 1. The molecule has 9 heteroatoms. The maximum Gasteiger partial charge on any atom is 0.392 e. The summed E-state index contributed by atoms with van der Waals surface area (Å²) < 4.78 is 40.6. The molecule has 3 N–H and O–H groups in total. The summed E-state index contributed by atoms with van der Waals surface area (Å²) >= 11 is 0. The number of nitrogens with one attached hydrogen (secondary N) is 2. The number of fused-ring (bicyclic) bond motifs is 1. The van der Waals surface area contributed by atoms with Gasteiger partial charge < -0.3 is 10.0 Å². The average molecular weight is 433 g/mol. The summed E-state index contributed by atoms with van der Waals surface area (Å²) in [6.45, 7) is 2.96. The number of halogens is 3. The van der Waals surface area contributed by atoms with Gasteiger partial charge in [0, 0.05) is 18.5 Å². The monoisotopic (exact) mass is 432 g/mol. The molecule has 172 valence electrons. The Bertz CT molecular complexity index is 634. The molecule has 6 unspecified atom stereocenters. The summed E-state index contributed by atoms with van der Waals surface area (Å²) in [7, 11) is 1.94. The van der Waals surface area contributed by atoms with Crippen molar-refractivity contribution in [2.75, 3.05) is 20.3 Å². The van der Waals surface area contributed by atoms with Crippen molar-refractivity contribution in [1.29, 1.82) is 0 Å². The van der Waals surface area contributed by atoms with Crippen LogP contribution < -0.4 is 10.9 Å². The van der Waals surface area contributed by atoms with Crippen molar-refractivity contribution in [3.63, 3.8) is 0 Å². The van der Waals surface area contributed by atoms with Crippen molar-refractivity contribution >= 4 is 5.91 Å². The Morgan fingerprint density at radius 2 is 1.90 bits per heavy atom. The van der Waals surface area contributed by atoms with Gasteiger partial charge in [0.05, 0.1) is 18.7 Å². The Labute approximate surface area is 176 Å². The number of likely N-dealkylation sites (N-methyl/N-ethyl adjacent to an activating group) is 1. The van der Waals surface area contributed by atoms with Gasteiger partial charge in [-0.15, -0.1) is 0 Å². The quantitative estimate of drug-likeness (QED) is 0.636. The number of carbonyl (C=O) groups is 1. The number of hydrogen-bond donors (Lipinski definition) is 3. The molecule has 8 atom stereocenters. The molecule has 0 bridgehead atoms. The van der Waals surface area contributed by atoms with Gasteiger partial charge in [-0.3, -0.25) is 9.69 Å². The second kappa shape index (κ2) is 8.56. The lowest BCUT2D eigenvalue weighted by Gasteiger charge is -2.40. The molecule has 2 heterocycles. The number of nitrogens with zero attached hydrogens (tertiary/aromatic N) is 2. The Balaban J connectivity index is 1.42. The molecule has 6 nitrogen and oxygen atoms in total. The van der Waals surface area contributed by atoms with E-state index in [4.69, 9.17) is 0 Å². The third kappa shape index (κ3) is 4.10. The lowest BCUT2D eigenvalue weighted by atomic mass is 9.73. The molecule has 4 aliphatic rings. The lowest BCUT2D eigenvalue weighted by molar-refractivity contribution is -0.198. The van der Waals surface area contributed by atoms with Crippen LogP contribution in [-0.4, -0.2) is 65.6 Å². The first-order valence-corrected chi connectivity index (χ1v) is 11.4. The smallest absolute Gasteiger partial charge is 0.390 e. The van der Waals surface area contributed by atoms with E-state index in [1.54, 1.807) is 4.90 Å². The number of hydrogen-bond acceptors (Lipinski definition) is 5. The second-order valence-electron chi connectivity index (χ2n) is 9.95. The summed E-state index contributed by atoms with van der Waals surface area (Å²) in [5.41, 5.74) is 6.14. The zero-order valence-corrected chi connectivity index (χ0v) is 17.9. The van der Waals surface area contributed by atoms with Gasteiger partial charge in [0.2, 0.25) is 5.91 Å². The van der Waals surface area contributed by atoms with Crippen molar-refractivity contribution in [3.8, 4) is 0 Å². The zero-order valence-electron chi connectivity index (χ0n) is 17.9. The van der Waals surface area contributed by atoms with Crippen molar-refractivity contribution in [2.24, 2.45) is 29.6 Å². The molecule has 2 aliphatic carbocycles. The van der Waals surface area contributed by atoms with Gasteiger partial charge in [-0.25, -0.2) is 10.9 Å². The van der Waals surface area contributed by atoms with E-state index in [1.165, 1.54) is 0 Å². The molecule has 2 saturated heterocycles. The molecule has 1 amide bonds. The van der Waals surface area contributed by atoms with Gasteiger partial charge in [0.1, 0.15) is 6.17 Å². The predicted molar refractivity (Wildman–Crippen MR) is 106 cm³/mol. The molecular formula is C21H35F3N4O2. The fourth-order valence-corrected chi connectivity index (χ4v) is 6.45. The third-order valence-electron chi connectivity index (χ3n) is 8.28. The SMILES string of the molecule is C[C@@H](C1CCCC(N2CC3C(CCCC3C(F)(F)F)C2=O)C1)[C@@H](O)C1NNCN1C. The minimum absolute atomic E-state index is 0.00206. The Morgan fingerprint density at radius 1 is 1.17 bits per heavy atom. The van der Waals surface area contributed by atoms with Crippen LogP contribution in [0, 0.1) is 29.6 Å². The van der Waals surface area contributed by atoms with Crippen LogP contribution in [0.1, 0.15) is 51.9 Å². The zero-order chi connectivity index (χ0) is 21.6. The number of rotatable bonds is 4. The van der Waals surface area contributed by atoms with Gasteiger partial charge in [0.25, 0.3) is 0 Å². The summed E-state index contributed by atoms with van der Waals surface area (Å²) in [6, 6.07) is -0.00206. The lowest BCUT2D eigenvalue weighted by Crippen LogP contribution is -2.50. The first-order valence-electron chi connectivity index (χ1n) is 11.4. The molecule has 4 fully saturated rings. The third-order valence-corrected chi connectivity index (χ3v) is 8.28. The Morgan fingerprint density at radius 3 is 2.57 bits per heavy atom. The predicted octanol–water partition coefficient (Wildman–Crippen LogP) is 2.30. The molecule has 2 saturated carbocycles. The number of aliphatic hydroxyl groups excluding tert-OH is 1. The van der Waals surface area contributed by atoms with Crippen LogP contribution >= 0.6 is 0 Å². The van der Waals surface area contributed by atoms with Crippen LogP contribution in [0.2, 0.25) is 0 Å². The number of alkyl halides is 3. The second-order valence-corrected chi connectivity index (χ2v) is 9.95. The van der Waals surface area contributed by atoms with E-state index in [1.807, 2.05) is 11.9 Å².